The number of rotatable bonds is 5. The van der Waals surface area contributed by atoms with Gasteiger partial charge in [0, 0.05) is 51.9 Å². The van der Waals surface area contributed by atoms with E-state index in [1.54, 1.807) is 30.3 Å². The fourth-order valence-electron chi connectivity index (χ4n) is 3.63. The summed E-state index contributed by atoms with van der Waals surface area (Å²) < 4.78 is 34.0. The maximum Gasteiger partial charge on any atom is 0.296 e. The van der Waals surface area contributed by atoms with Crippen LogP contribution in [0, 0.1) is 13.8 Å². The Balaban J connectivity index is 0.00000361. The average Bonchev–Trinajstić information content (AvgIpc) is 2.78. The Kier molecular flexibility index (Phi) is 8.17. The van der Waals surface area contributed by atoms with Crippen LogP contribution in [0.15, 0.2) is 81.9 Å². The number of amides is 1. The largest absolute Gasteiger partial charge is 0.505 e. The van der Waals surface area contributed by atoms with Crippen molar-refractivity contribution in [3.8, 4) is 5.75 Å². The molecule has 0 fully saturated rings. The molecule has 0 heterocycles. The Morgan fingerprint density at radius 1 is 0.972 bits per heavy atom. The van der Waals surface area contributed by atoms with Crippen LogP contribution in [0.2, 0.25) is 0 Å². The zero-order valence-corrected chi connectivity index (χ0v) is 22.7. The normalized spacial score (nSPS) is 11.4. The summed E-state index contributed by atoms with van der Waals surface area (Å²) in [6.45, 7) is 3.75. The van der Waals surface area contributed by atoms with E-state index in [-0.39, 0.29) is 40.3 Å². The van der Waals surface area contributed by atoms with Crippen LogP contribution in [-0.2, 0) is 10.1 Å². The van der Waals surface area contributed by atoms with Crippen LogP contribution in [0.4, 0.5) is 22.7 Å². The molecule has 0 aliphatic heterocycles. The number of hydrogen-bond acceptors (Lipinski definition) is 7. The van der Waals surface area contributed by atoms with Crippen LogP contribution in [0.1, 0.15) is 21.5 Å². The van der Waals surface area contributed by atoms with E-state index in [1.807, 2.05) is 26.0 Å². The monoisotopic (exact) mass is 513 g/mol. The molecule has 179 valence electrons. The maximum absolute atomic E-state index is 12.5. The molecule has 4 aromatic carbocycles. The van der Waals surface area contributed by atoms with Crippen molar-refractivity contribution < 1.29 is 22.9 Å². The van der Waals surface area contributed by atoms with Crippen LogP contribution in [0.25, 0.3) is 10.8 Å². The number of anilines is 2. The molecule has 0 bridgehead atoms. The Morgan fingerprint density at radius 3 is 2.39 bits per heavy atom. The predicted molar refractivity (Wildman–Crippen MR) is 140 cm³/mol. The quantitative estimate of drug-likeness (QED) is 0.123. The summed E-state index contributed by atoms with van der Waals surface area (Å²) in [5.41, 5.74) is 8.76. The topological polar surface area (TPSA) is 154 Å². The van der Waals surface area contributed by atoms with Gasteiger partial charge in [-0.2, -0.15) is 13.5 Å². The van der Waals surface area contributed by atoms with E-state index >= 15 is 0 Å². The van der Waals surface area contributed by atoms with Crippen molar-refractivity contribution >= 4 is 79.1 Å². The van der Waals surface area contributed by atoms with Crippen LogP contribution >= 0.6 is 0 Å². The Hall–Kier alpha value is -3.28. The molecule has 0 saturated heterocycles. The number of carbonyl (C=O) groups excluding carboxylic acids is 1. The number of nitrogen functional groups attached to an aromatic ring is 1. The summed E-state index contributed by atoms with van der Waals surface area (Å²) in [6.07, 6.45) is 0. The summed E-state index contributed by atoms with van der Waals surface area (Å²) in [4.78, 5) is 11.9. The number of aromatic hydroxyl groups is 1. The van der Waals surface area contributed by atoms with Crippen molar-refractivity contribution in [1.29, 1.82) is 0 Å². The van der Waals surface area contributed by atoms with Crippen molar-refractivity contribution in [3.63, 3.8) is 0 Å². The molecular weight excluding hydrogens is 491 g/mol. The van der Waals surface area contributed by atoms with Gasteiger partial charge in [-0.1, -0.05) is 23.8 Å². The fourth-order valence-corrected chi connectivity index (χ4v) is 4.29. The molecule has 36 heavy (non-hydrogen) atoms. The first-order chi connectivity index (χ1) is 16.5. The van der Waals surface area contributed by atoms with E-state index < -0.39 is 32.4 Å². The number of hydrogen-bond donors (Lipinski definition) is 4. The third-order valence-corrected chi connectivity index (χ3v) is 6.21. The van der Waals surface area contributed by atoms with Gasteiger partial charge in [0.2, 0.25) is 0 Å². The van der Waals surface area contributed by atoms with Gasteiger partial charge in [0.1, 0.15) is 10.6 Å². The summed E-state index contributed by atoms with van der Waals surface area (Å²) in [5, 5.41) is 22.1. The summed E-state index contributed by atoms with van der Waals surface area (Å²) >= 11 is 0. The van der Waals surface area contributed by atoms with E-state index in [0.717, 1.165) is 17.2 Å². The molecule has 4 aromatic rings. The Bertz CT molecular complexity index is 1620. The maximum atomic E-state index is 12.5. The van der Waals surface area contributed by atoms with Crippen molar-refractivity contribution in [2.24, 2.45) is 10.2 Å². The van der Waals surface area contributed by atoms with Gasteiger partial charge in [0.05, 0.1) is 5.69 Å². The van der Waals surface area contributed by atoms with E-state index in [9.17, 15) is 22.9 Å². The zero-order chi connectivity index (χ0) is 25.3. The first kappa shape index (κ1) is 27.3. The molecule has 0 unspecified atom stereocenters. The second-order valence-electron chi connectivity index (χ2n) is 8.05. The van der Waals surface area contributed by atoms with Crippen LogP contribution < -0.4 is 11.1 Å². The van der Waals surface area contributed by atoms with Gasteiger partial charge in [-0.05, 0) is 73.3 Å². The SMILES string of the molecule is Cc1ccc(N=Nc2c(S(=O)(=O)O)cc3cc(NC(=O)c4cccc(N)c4)ccc3c2O)c(C)c1.[Na]. The number of phenols is 1. The number of nitrogens with zero attached hydrogens (tertiary/aromatic N) is 2. The van der Waals surface area contributed by atoms with Crippen molar-refractivity contribution in [1.82, 2.24) is 0 Å². The van der Waals surface area contributed by atoms with Gasteiger partial charge in [-0.15, -0.1) is 5.11 Å². The summed E-state index contributed by atoms with van der Waals surface area (Å²) in [5.74, 6) is -0.896. The molecule has 0 aliphatic carbocycles. The summed E-state index contributed by atoms with van der Waals surface area (Å²) in [7, 11) is -4.77. The van der Waals surface area contributed by atoms with Gasteiger partial charge in [0.25, 0.3) is 16.0 Å². The predicted octanol–water partition coefficient (Wildman–Crippen LogP) is 5.28. The molecule has 9 nitrogen and oxygen atoms in total. The number of aryl methyl sites for hydroxylation is 2. The van der Waals surface area contributed by atoms with Gasteiger partial charge in [-0.25, -0.2) is 0 Å². The van der Waals surface area contributed by atoms with Crippen molar-refractivity contribution in [2.75, 3.05) is 11.1 Å². The minimum atomic E-state index is -4.77. The van der Waals surface area contributed by atoms with Crippen LogP contribution in [0.3, 0.4) is 0 Å². The van der Waals surface area contributed by atoms with Gasteiger partial charge in [0.15, 0.2) is 5.75 Å². The molecule has 0 spiro atoms. The third-order valence-electron chi connectivity index (χ3n) is 5.35. The number of azo groups is 1. The van der Waals surface area contributed by atoms with E-state index in [2.05, 4.69) is 15.5 Å². The smallest absolute Gasteiger partial charge is 0.296 e. The third kappa shape index (κ3) is 5.92. The number of benzene rings is 4. The van der Waals surface area contributed by atoms with Crippen LogP contribution in [0.5, 0.6) is 5.75 Å². The molecule has 11 heteroatoms. The second-order valence-corrected chi connectivity index (χ2v) is 9.44. The zero-order valence-electron chi connectivity index (χ0n) is 19.9. The first-order valence-electron chi connectivity index (χ1n) is 10.5. The van der Waals surface area contributed by atoms with Gasteiger partial charge in [-0.3, -0.25) is 9.35 Å². The van der Waals surface area contributed by atoms with E-state index in [4.69, 9.17) is 5.73 Å². The first-order valence-corrected chi connectivity index (χ1v) is 11.9. The molecule has 4 rings (SSSR count). The standard InChI is InChI=1S/C25H22N4O5S.Na/c1-14-6-9-21(15(2)10-14)28-29-23-22(35(32,33)34)13-17-12-19(7-8-20(17)24(23)30)27-25(31)16-4-3-5-18(26)11-16;/h3-13,30H,26H2,1-2H3,(H,27,31)(H,32,33,34);. The molecule has 0 aromatic heterocycles. The Labute approximate surface area is 230 Å². The minimum absolute atomic E-state index is 0. The van der Waals surface area contributed by atoms with Crippen molar-refractivity contribution in [2.45, 2.75) is 18.7 Å². The van der Waals surface area contributed by atoms with Crippen LogP contribution in [-0.4, -0.2) is 53.5 Å². The van der Waals surface area contributed by atoms with Crippen molar-refractivity contribution in [3.05, 3.63) is 83.4 Å². The second kappa shape index (κ2) is 10.8. The molecule has 1 amide bonds. The Morgan fingerprint density at radius 2 is 1.72 bits per heavy atom. The molecule has 1 radical (unpaired) electrons. The number of fused-ring (bicyclic) bond motifs is 1. The number of nitrogens with one attached hydrogen (secondary N) is 1. The van der Waals surface area contributed by atoms with E-state index in [0.29, 0.717) is 22.6 Å². The average molecular weight is 514 g/mol. The molecule has 0 aliphatic rings. The molecule has 5 N–H and O–H groups in total. The minimum Gasteiger partial charge on any atom is -0.505 e. The molecule has 0 atom stereocenters. The number of phenolic OH excluding ortho intramolecular Hbond substituents is 1. The fraction of sp³-hybridized carbons (Fsp3) is 0.0800. The number of carbonyl (C=O) groups is 1. The van der Waals surface area contributed by atoms with Gasteiger partial charge >= 0.3 is 0 Å². The van der Waals surface area contributed by atoms with Gasteiger partial charge < -0.3 is 16.2 Å². The summed E-state index contributed by atoms with van der Waals surface area (Å²) in [6, 6.07) is 17.5. The molecular formula is C25H22N4NaO5S. The molecule has 0 saturated carbocycles. The van der Waals surface area contributed by atoms with E-state index in [1.165, 1.54) is 18.2 Å². The number of nitrogens with two attached hydrogens (primary N) is 1.